The van der Waals surface area contributed by atoms with Gasteiger partial charge in [0.05, 0.1) is 5.75 Å². The molecule has 0 aromatic heterocycles. The van der Waals surface area contributed by atoms with E-state index in [1.165, 1.54) is 0 Å². The average Bonchev–Trinajstić information content (AvgIpc) is 2.93. The first-order valence-electron chi connectivity index (χ1n) is 7.19. The smallest absolute Gasteiger partial charge is 0.231 e. The zero-order chi connectivity index (χ0) is 14.7. The van der Waals surface area contributed by atoms with Crippen LogP contribution >= 0.6 is 0 Å². The third-order valence-corrected chi connectivity index (χ3v) is 5.34. The molecule has 116 valence electrons. The highest BCUT2D eigenvalue weighted by atomic mass is 32.2. The van der Waals surface area contributed by atoms with E-state index in [1.54, 1.807) is 6.07 Å². The van der Waals surface area contributed by atoms with Crippen LogP contribution in [0.4, 0.5) is 0 Å². The van der Waals surface area contributed by atoms with Crippen molar-refractivity contribution >= 4 is 10.0 Å². The Morgan fingerprint density at radius 1 is 1.19 bits per heavy atom. The molecule has 2 aliphatic heterocycles. The van der Waals surface area contributed by atoms with Gasteiger partial charge in [-0.05, 0) is 49.5 Å². The van der Waals surface area contributed by atoms with Gasteiger partial charge in [0, 0.05) is 6.54 Å². The summed E-state index contributed by atoms with van der Waals surface area (Å²) in [5.41, 5.74) is 0.869. The van der Waals surface area contributed by atoms with Crippen LogP contribution in [0.2, 0.25) is 0 Å². The zero-order valence-corrected chi connectivity index (χ0v) is 12.6. The summed E-state index contributed by atoms with van der Waals surface area (Å²) in [5.74, 6) is 1.83. The van der Waals surface area contributed by atoms with Gasteiger partial charge in [-0.2, -0.15) is 0 Å². The van der Waals surface area contributed by atoms with Crippen LogP contribution in [0.5, 0.6) is 11.5 Å². The second kappa shape index (κ2) is 6.21. The minimum atomic E-state index is -3.24. The monoisotopic (exact) mass is 312 g/mol. The molecule has 6 nitrogen and oxygen atoms in total. The fourth-order valence-electron chi connectivity index (χ4n) is 2.66. The van der Waals surface area contributed by atoms with Crippen LogP contribution in [-0.4, -0.2) is 34.1 Å². The first-order chi connectivity index (χ1) is 10.1. The van der Waals surface area contributed by atoms with Crippen molar-refractivity contribution in [1.29, 1.82) is 0 Å². The Labute approximate surface area is 124 Å². The lowest BCUT2D eigenvalue weighted by molar-refractivity contribution is 0.174. The molecule has 0 amide bonds. The molecule has 0 aliphatic carbocycles. The van der Waals surface area contributed by atoms with Crippen molar-refractivity contribution in [1.82, 2.24) is 10.0 Å². The van der Waals surface area contributed by atoms with Crippen LogP contribution in [0.25, 0.3) is 0 Å². The Bertz CT molecular complexity index is 597. The lowest BCUT2D eigenvalue weighted by atomic mass is 10.0. The average molecular weight is 312 g/mol. The van der Waals surface area contributed by atoms with Crippen LogP contribution in [0, 0.1) is 5.92 Å². The van der Waals surface area contributed by atoms with Crippen LogP contribution in [0.15, 0.2) is 18.2 Å². The maximum Gasteiger partial charge on any atom is 0.231 e. The number of rotatable bonds is 5. The summed E-state index contributed by atoms with van der Waals surface area (Å²) < 4.78 is 37.4. The molecule has 2 heterocycles. The first kappa shape index (κ1) is 14.6. The summed E-state index contributed by atoms with van der Waals surface area (Å²) in [6, 6.07) is 5.47. The van der Waals surface area contributed by atoms with E-state index in [2.05, 4.69) is 10.0 Å². The normalized spacial score (nSPS) is 18.9. The molecule has 1 saturated heterocycles. The van der Waals surface area contributed by atoms with Gasteiger partial charge < -0.3 is 14.8 Å². The molecule has 2 N–H and O–H groups in total. The fourth-order valence-corrected chi connectivity index (χ4v) is 4.12. The maximum atomic E-state index is 12.1. The van der Waals surface area contributed by atoms with Crippen molar-refractivity contribution in [3.05, 3.63) is 23.8 Å². The molecule has 1 aromatic rings. The minimum Gasteiger partial charge on any atom is -0.454 e. The molecule has 0 unspecified atom stereocenters. The zero-order valence-electron chi connectivity index (χ0n) is 11.8. The van der Waals surface area contributed by atoms with Crippen molar-refractivity contribution < 1.29 is 17.9 Å². The van der Waals surface area contributed by atoms with E-state index in [-0.39, 0.29) is 25.0 Å². The van der Waals surface area contributed by atoms with E-state index >= 15 is 0 Å². The number of sulfonamides is 1. The number of ether oxygens (including phenoxy) is 2. The second-order valence-corrected chi connectivity index (χ2v) is 7.34. The highest BCUT2D eigenvalue weighted by Crippen LogP contribution is 2.32. The standard InChI is InChI=1S/C14H20N2O4S/c17-21(18,9-11-3-5-15-6-4-11)16-8-12-1-2-13-14(7-12)20-10-19-13/h1-2,7,11,15-16H,3-6,8-10H2. The van der Waals surface area contributed by atoms with Crippen molar-refractivity contribution in [3.8, 4) is 11.5 Å². The predicted octanol–water partition coefficient (Wildman–Crippen LogP) is 0.834. The van der Waals surface area contributed by atoms with Crippen LogP contribution < -0.4 is 19.5 Å². The van der Waals surface area contributed by atoms with Gasteiger partial charge in [0.15, 0.2) is 11.5 Å². The van der Waals surface area contributed by atoms with Gasteiger partial charge >= 0.3 is 0 Å². The van der Waals surface area contributed by atoms with Crippen molar-refractivity contribution in [2.24, 2.45) is 5.92 Å². The SMILES string of the molecule is O=S(=O)(CC1CCNCC1)NCc1ccc2c(c1)OCO2. The van der Waals surface area contributed by atoms with Crippen molar-refractivity contribution in [2.75, 3.05) is 25.6 Å². The molecule has 3 rings (SSSR count). The Hall–Kier alpha value is -1.31. The van der Waals surface area contributed by atoms with E-state index in [9.17, 15) is 8.42 Å². The summed E-state index contributed by atoms with van der Waals surface area (Å²) >= 11 is 0. The number of benzene rings is 1. The van der Waals surface area contributed by atoms with Crippen LogP contribution in [0.1, 0.15) is 18.4 Å². The van der Waals surface area contributed by atoms with Crippen molar-refractivity contribution in [2.45, 2.75) is 19.4 Å². The lowest BCUT2D eigenvalue weighted by Crippen LogP contribution is -2.35. The summed E-state index contributed by atoms with van der Waals surface area (Å²) in [5, 5.41) is 3.24. The maximum absolute atomic E-state index is 12.1. The van der Waals surface area contributed by atoms with Gasteiger partial charge in [0.2, 0.25) is 16.8 Å². The molecule has 0 spiro atoms. The molecule has 7 heteroatoms. The van der Waals surface area contributed by atoms with Gasteiger partial charge in [-0.15, -0.1) is 0 Å². The quantitative estimate of drug-likeness (QED) is 0.842. The molecule has 21 heavy (non-hydrogen) atoms. The highest BCUT2D eigenvalue weighted by Gasteiger charge is 2.21. The fraction of sp³-hybridized carbons (Fsp3) is 0.571. The van der Waals surface area contributed by atoms with Crippen LogP contribution in [0.3, 0.4) is 0 Å². The molecule has 0 atom stereocenters. The van der Waals surface area contributed by atoms with E-state index in [4.69, 9.17) is 9.47 Å². The molecule has 0 radical (unpaired) electrons. The van der Waals surface area contributed by atoms with Gasteiger partial charge in [-0.3, -0.25) is 0 Å². The summed E-state index contributed by atoms with van der Waals surface area (Å²) in [6.07, 6.45) is 1.84. The molecule has 2 aliphatic rings. The number of fused-ring (bicyclic) bond motifs is 1. The Morgan fingerprint density at radius 3 is 2.76 bits per heavy atom. The van der Waals surface area contributed by atoms with Gasteiger partial charge in [0.1, 0.15) is 0 Å². The molecular weight excluding hydrogens is 292 g/mol. The third kappa shape index (κ3) is 3.87. The van der Waals surface area contributed by atoms with Gasteiger partial charge in [-0.1, -0.05) is 6.07 Å². The van der Waals surface area contributed by atoms with E-state index in [1.807, 2.05) is 12.1 Å². The second-order valence-electron chi connectivity index (χ2n) is 5.48. The van der Waals surface area contributed by atoms with E-state index < -0.39 is 10.0 Å². The third-order valence-electron chi connectivity index (χ3n) is 3.85. The summed E-state index contributed by atoms with van der Waals surface area (Å²) in [6.45, 7) is 2.31. The molecule has 1 fully saturated rings. The van der Waals surface area contributed by atoms with E-state index in [0.717, 1.165) is 31.5 Å². The highest BCUT2D eigenvalue weighted by molar-refractivity contribution is 7.89. The largest absolute Gasteiger partial charge is 0.454 e. The van der Waals surface area contributed by atoms with Gasteiger partial charge in [0.25, 0.3) is 0 Å². The summed E-state index contributed by atoms with van der Waals surface area (Å²) in [4.78, 5) is 0. The van der Waals surface area contributed by atoms with Gasteiger partial charge in [-0.25, -0.2) is 13.1 Å². The number of hydrogen-bond donors (Lipinski definition) is 2. The summed E-state index contributed by atoms with van der Waals surface area (Å²) in [7, 11) is -3.24. The molecular formula is C14H20N2O4S. The topological polar surface area (TPSA) is 76.7 Å². The van der Waals surface area contributed by atoms with Crippen molar-refractivity contribution in [3.63, 3.8) is 0 Å². The predicted molar refractivity (Wildman–Crippen MR) is 78.8 cm³/mol. The lowest BCUT2D eigenvalue weighted by Gasteiger charge is -2.22. The molecule has 1 aromatic carbocycles. The minimum absolute atomic E-state index is 0.208. The molecule has 0 bridgehead atoms. The first-order valence-corrected chi connectivity index (χ1v) is 8.84. The Balaban J connectivity index is 1.56. The molecule has 0 saturated carbocycles. The van der Waals surface area contributed by atoms with Crippen LogP contribution in [-0.2, 0) is 16.6 Å². The number of nitrogens with one attached hydrogen (secondary N) is 2. The Kier molecular flexibility index (Phi) is 4.32. The van der Waals surface area contributed by atoms with E-state index in [0.29, 0.717) is 11.5 Å². The number of hydrogen-bond acceptors (Lipinski definition) is 5. The Morgan fingerprint density at radius 2 is 1.95 bits per heavy atom. The number of piperidine rings is 1.